The van der Waals surface area contributed by atoms with Gasteiger partial charge in [0.25, 0.3) is 0 Å². The van der Waals surface area contributed by atoms with Crippen molar-refractivity contribution in [3.8, 4) is 55.6 Å². The fourth-order valence-electron chi connectivity index (χ4n) is 11.1. The van der Waals surface area contributed by atoms with Gasteiger partial charge in [0.15, 0.2) is 0 Å². The lowest BCUT2D eigenvalue weighted by Gasteiger charge is -2.34. The fraction of sp³-hybridized carbons (Fsp3) is 0.0625. The summed E-state index contributed by atoms with van der Waals surface area (Å²) in [6.07, 6.45) is 0. The summed E-state index contributed by atoms with van der Waals surface area (Å²) < 4.78 is 0. The summed E-state index contributed by atoms with van der Waals surface area (Å²) in [5.74, 6) is 0. The van der Waals surface area contributed by atoms with Gasteiger partial charge in [0, 0.05) is 22.5 Å². The van der Waals surface area contributed by atoms with Gasteiger partial charge in [-0.05, 0) is 144 Å². The van der Waals surface area contributed by atoms with E-state index in [1.165, 1.54) is 89.0 Å². The minimum atomic E-state index is -0.463. The van der Waals surface area contributed by atoms with Crippen LogP contribution >= 0.6 is 0 Å². The zero-order valence-corrected chi connectivity index (χ0v) is 36.6. The third-order valence-corrected chi connectivity index (χ3v) is 14.1. The maximum absolute atomic E-state index is 2.46. The summed E-state index contributed by atoms with van der Waals surface area (Å²) >= 11 is 0. The number of hydrogen-bond donors (Lipinski definition) is 0. The molecule has 10 aromatic rings. The van der Waals surface area contributed by atoms with Crippen LogP contribution in [0.25, 0.3) is 55.6 Å². The first-order chi connectivity index (χ1) is 32.0. The van der Waals surface area contributed by atoms with Crippen LogP contribution in [0.3, 0.4) is 0 Å². The largest absolute Gasteiger partial charge is 0.310 e. The second kappa shape index (κ2) is 15.4. The standard InChI is InChI=1S/C64H47N/c1-63(2)59-29-17-15-27-55(59)57-42-53(35-37-60(57)63)65(52-33-31-46(32-34-52)49-40-47(44-19-7-3-8-20-44)39-48(41-49)45-21-9-4-10-22-45)54-36-38-62-58(43-54)56-28-16-18-30-61(56)64(62,50-23-11-5-12-24-50)51-25-13-6-14-26-51/h3-43H,1-2H3. The molecule has 0 spiro atoms. The van der Waals surface area contributed by atoms with Gasteiger partial charge in [-0.15, -0.1) is 0 Å². The Morgan fingerprint density at radius 3 is 1.14 bits per heavy atom. The summed E-state index contributed by atoms with van der Waals surface area (Å²) in [5, 5.41) is 0. The Morgan fingerprint density at radius 1 is 0.262 bits per heavy atom. The maximum atomic E-state index is 2.46. The summed E-state index contributed by atoms with van der Waals surface area (Å²) in [7, 11) is 0. The lowest BCUT2D eigenvalue weighted by atomic mass is 9.68. The molecule has 308 valence electrons. The van der Waals surface area contributed by atoms with E-state index < -0.39 is 5.41 Å². The van der Waals surface area contributed by atoms with E-state index in [0.717, 1.165) is 17.1 Å². The molecule has 2 aliphatic carbocycles. The van der Waals surface area contributed by atoms with Gasteiger partial charge in [-0.3, -0.25) is 0 Å². The molecule has 0 heterocycles. The quantitative estimate of drug-likeness (QED) is 0.147. The second-order valence-corrected chi connectivity index (χ2v) is 18.1. The molecule has 0 amide bonds. The van der Waals surface area contributed by atoms with Crippen LogP contribution < -0.4 is 4.90 Å². The molecule has 0 N–H and O–H groups in total. The highest BCUT2D eigenvalue weighted by molar-refractivity contribution is 5.92. The van der Waals surface area contributed by atoms with Crippen LogP contribution in [0.5, 0.6) is 0 Å². The van der Waals surface area contributed by atoms with Gasteiger partial charge >= 0.3 is 0 Å². The Morgan fingerprint density at radius 2 is 0.615 bits per heavy atom. The Kier molecular flexibility index (Phi) is 9.14. The zero-order chi connectivity index (χ0) is 43.5. The fourth-order valence-corrected chi connectivity index (χ4v) is 11.1. The lowest BCUT2D eigenvalue weighted by Crippen LogP contribution is -2.28. The Balaban J connectivity index is 1.04. The molecule has 0 saturated carbocycles. The van der Waals surface area contributed by atoms with Crippen molar-refractivity contribution in [3.63, 3.8) is 0 Å². The van der Waals surface area contributed by atoms with Gasteiger partial charge in [-0.1, -0.05) is 208 Å². The monoisotopic (exact) mass is 829 g/mol. The highest BCUT2D eigenvalue weighted by Gasteiger charge is 2.46. The predicted octanol–water partition coefficient (Wildman–Crippen LogP) is 16.8. The zero-order valence-electron chi connectivity index (χ0n) is 36.6. The van der Waals surface area contributed by atoms with E-state index in [1.807, 2.05) is 0 Å². The smallest absolute Gasteiger partial charge is 0.0713 e. The number of benzene rings is 10. The summed E-state index contributed by atoms with van der Waals surface area (Å²) in [6, 6.07) is 92.0. The van der Waals surface area contributed by atoms with Crippen LogP contribution in [0.2, 0.25) is 0 Å². The van der Waals surface area contributed by atoms with Crippen molar-refractivity contribution in [2.24, 2.45) is 0 Å². The number of fused-ring (bicyclic) bond motifs is 6. The van der Waals surface area contributed by atoms with E-state index in [4.69, 9.17) is 0 Å². The van der Waals surface area contributed by atoms with Gasteiger partial charge in [-0.2, -0.15) is 0 Å². The highest BCUT2D eigenvalue weighted by atomic mass is 15.1. The maximum Gasteiger partial charge on any atom is 0.0713 e. The molecule has 0 unspecified atom stereocenters. The van der Waals surface area contributed by atoms with Crippen LogP contribution in [0.1, 0.15) is 47.2 Å². The molecule has 2 aliphatic rings. The van der Waals surface area contributed by atoms with Crippen LogP contribution in [-0.4, -0.2) is 0 Å². The van der Waals surface area contributed by atoms with Crippen molar-refractivity contribution < 1.29 is 0 Å². The van der Waals surface area contributed by atoms with Crippen LogP contribution in [0, 0.1) is 0 Å². The molecule has 0 saturated heterocycles. The third kappa shape index (κ3) is 6.22. The molecule has 0 radical (unpaired) electrons. The van der Waals surface area contributed by atoms with Gasteiger partial charge in [0.1, 0.15) is 0 Å². The molecule has 12 rings (SSSR count). The van der Waals surface area contributed by atoms with Crippen molar-refractivity contribution in [3.05, 3.63) is 282 Å². The van der Waals surface area contributed by atoms with E-state index in [0.29, 0.717) is 0 Å². The van der Waals surface area contributed by atoms with Crippen LogP contribution in [0.15, 0.2) is 249 Å². The first-order valence-electron chi connectivity index (χ1n) is 22.7. The van der Waals surface area contributed by atoms with E-state index in [2.05, 4.69) is 267 Å². The molecule has 1 heteroatoms. The normalized spacial score (nSPS) is 13.6. The SMILES string of the molecule is CC1(C)c2ccccc2-c2cc(N(c3ccc(-c4cc(-c5ccccc5)cc(-c5ccccc5)c4)cc3)c3ccc4c(c3)-c3ccccc3C4(c3ccccc3)c3ccccc3)ccc21. The molecular weight excluding hydrogens is 783 g/mol. The minimum absolute atomic E-state index is 0.0840. The van der Waals surface area contributed by atoms with Gasteiger partial charge in [-0.25, -0.2) is 0 Å². The molecule has 10 aromatic carbocycles. The van der Waals surface area contributed by atoms with Crippen LogP contribution in [0.4, 0.5) is 17.1 Å². The Bertz CT molecular complexity index is 3270. The van der Waals surface area contributed by atoms with Crippen molar-refractivity contribution >= 4 is 17.1 Å². The average Bonchev–Trinajstić information content (AvgIpc) is 3.80. The van der Waals surface area contributed by atoms with Crippen LogP contribution in [-0.2, 0) is 10.8 Å². The Hall–Kier alpha value is -8.00. The van der Waals surface area contributed by atoms with Crippen molar-refractivity contribution in [1.29, 1.82) is 0 Å². The molecule has 0 aliphatic heterocycles. The van der Waals surface area contributed by atoms with E-state index >= 15 is 0 Å². The first-order valence-corrected chi connectivity index (χ1v) is 22.7. The van der Waals surface area contributed by atoms with E-state index in [-0.39, 0.29) is 5.41 Å². The number of rotatable bonds is 8. The third-order valence-electron chi connectivity index (χ3n) is 14.1. The van der Waals surface area contributed by atoms with Gasteiger partial charge in [0.2, 0.25) is 0 Å². The summed E-state index contributed by atoms with van der Waals surface area (Å²) in [4.78, 5) is 2.46. The predicted molar refractivity (Wildman–Crippen MR) is 272 cm³/mol. The first kappa shape index (κ1) is 38.7. The second-order valence-electron chi connectivity index (χ2n) is 18.1. The van der Waals surface area contributed by atoms with Gasteiger partial charge < -0.3 is 4.90 Å². The molecule has 0 fully saturated rings. The topological polar surface area (TPSA) is 3.24 Å². The van der Waals surface area contributed by atoms with Crippen molar-refractivity contribution in [1.82, 2.24) is 0 Å². The number of hydrogen-bond acceptors (Lipinski definition) is 1. The van der Waals surface area contributed by atoms with E-state index in [9.17, 15) is 0 Å². The summed E-state index contributed by atoms with van der Waals surface area (Å²) in [6.45, 7) is 4.71. The Labute approximate surface area is 382 Å². The van der Waals surface area contributed by atoms with Gasteiger partial charge in [0.05, 0.1) is 5.41 Å². The molecule has 0 atom stereocenters. The van der Waals surface area contributed by atoms with Crippen molar-refractivity contribution in [2.45, 2.75) is 24.7 Å². The molecule has 0 aromatic heterocycles. The van der Waals surface area contributed by atoms with E-state index in [1.54, 1.807) is 0 Å². The highest BCUT2D eigenvalue weighted by Crippen LogP contribution is 2.57. The average molecular weight is 830 g/mol. The number of anilines is 3. The molecular formula is C64H47N. The molecule has 1 nitrogen and oxygen atoms in total. The molecule has 0 bridgehead atoms. The number of nitrogens with zero attached hydrogens (tertiary/aromatic N) is 1. The van der Waals surface area contributed by atoms with Crippen molar-refractivity contribution in [2.75, 3.05) is 4.90 Å². The molecule has 65 heavy (non-hydrogen) atoms. The lowest BCUT2D eigenvalue weighted by molar-refractivity contribution is 0.660. The minimum Gasteiger partial charge on any atom is -0.310 e. The summed E-state index contributed by atoms with van der Waals surface area (Å²) in [5.41, 5.74) is 23.0.